The highest BCUT2D eigenvalue weighted by Crippen LogP contribution is 2.43. The number of hydrogen-bond acceptors (Lipinski definition) is 2. The van der Waals surface area contributed by atoms with Crippen LogP contribution < -0.4 is 10.5 Å². The zero-order valence-electron chi connectivity index (χ0n) is 10.4. The van der Waals surface area contributed by atoms with Gasteiger partial charge < -0.3 is 10.5 Å². The molecule has 2 N–H and O–H groups in total. The van der Waals surface area contributed by atoms with E-state index in [2.05, 4.69) is 4.74 Å². The van der Waals surface area contributed by atoms with Crippen molar-refractivity contribution in [3.8, 4) is 5.75 Å². The monoisotopic (exact) mass is 341 g/mol. The van der Waals surface area contributed by atoms with Crippen molar-refractivity contribution in [1.82, 2.24) is 0 Å². The third kappa shape index (κ3) is 3.76. The van der Waals surface area contributed by atoms with E-state index in [9.17, 15) is 39.5 Å². The van der Waals surface area contributed by atoms with Crippen molar-refractivity contribution in [3.05, 3.63) is 29.8 Å². The lowest BCUT2D eigenvalue weighted by atomic mass is 10.0. The Hall–Kier alpha value is -1.65. The molecule has 22 heavy (non-hydrogen) atoms. The minimum Gasteiger partial charge on any atom is -0.428 e. The normalized spacial score (nSPS) is 15.0. The number of ether oxygens (including phenoxy) is 1. The Morgan fingerprint density at radius 2 is 1.32 bits per heavy atom. The summed E-state index contributed by atoms with van der Waals surface area (Å²) < 4.78 is 115. The number of rotatable bonds is 5. The van der Waals surface area contributed by atoms with Gasteiger partial charge in [-0.1, -0.05) is 12.1 Å². The second-order valence-corrected chi connectivity index (χ2v) is 4.13. The summed E-state index contributed by atoms with van der Waals surface area (Å²) in [5.41, 5.74) is 4.06. The Balaban J connectivity index is 2.94. The van der Waals surface area contributed by atoms with Crippen molar-refractivity contribution in [1.29, 1.82) is 0 Å². The second kappa shape index (κ2) is 5.86. The van der Waals surface area contributed by atoms with E-state index >= 15 is 0 Å². The van der Waals surface area contributed by atoms with Crippen molar-refractivity contribution in [2.45, 2.75) is 30.7 Å². The average Bonchev–Trinajstić information content (AvgIpc) is 2.36. The van der Waals surface area contributed by atoms with Crippen molar-refractivity contribution in [2.24, 2.45) is 5.73 Å². The predicted molar refractivity (Wildman–Crippen MR) is 56.0 cm³/mol. The molecule has 0 amide bonds. The van der Waals surface area contributed by atoms with Crippen molar-refractivity contribution in [2.75, 3.05) is 0 Å². The Labute approximate surface area is 117 Å². The van der Waals surface area contributed by atoms with E-state index < -0.39 is 42.0 Å². The average molecular weight is 341 g/mol. The summed E-state index contributed by atoms with van der Waals surface area (Å²) in [6.07, 6.45) is -14.9. The maximum absolute atomic E-state index is 13.0. The van der Waals surface area contributed by atoms with Gasteiger partial charge in [0.1, 0.15) is 11.8 Å². The summed E-state index contributed by atoms with van der Waals surface area (Å²) >= 11 is 0. The van der Waals surface area contributed by atoms with Crippen LogP contribution in [0.3, 0.4) is 0 Å². The van der Waals surface area contributed by atoms with Crippen LogP contribution in [0.15, 0.2) is 24.3 Å². The topological polar surface area (TPSA) is 35.2 Å². The maximum Gasteiger partial charge on any atom is 0.461 e. The molecule has 126 valence electrons. The summed E-state index contributed by atoms with van der Waals surface area (Å²) in [6.45, 7) is 0. The van der Waals surface area contributed by atoms with Crippen molar-refractivity contribution >= 4 is 0 Å². The lowest BCUT2D eigenvalue weighted by molar-refractivity contribution is -0.291. The molecule has 1 atom stereocenters. The van der Waals surface area contributed by atoms with Gasteiger partial charge in [0.05, 0.1) is 0 Å². The molecule has 0 radical (unpaired) electrons. The minimum atomic E-state index is -5.91. The predicted octanol–water partition coefficient (Wildman–Crippen LogP) is 4.12. The fraction of sp³-hybridized carbons (Fsp3) is 0.455. The van der Waals surface area contributed by atoms with E-state index in [1.54, 1.807) is 0 Å². The lowest BCUT2D eigenvalue weighted by Crippen LogP contribution is -2.45. The molecule has 11 heteroatoms. The molecule has 1 rings (SSSR count). The van der Waals surface area contributed by atoms with Crippen LogP contribution in [0, 0.1) is 0 Å². The maximum atomic E-state index is 13.0. The molecule has 0 heterocycles. The molecule has 0 saturated heterocycles. The van der Waals surface area contributed by atoms with Crippen LogP contribution in [-0.4, -0.2) is 24.6 Å². The molecule has 0 fully saturated rings. The minimum absolute atomic E-state index is 0.526. The van der Waals surface area contributed by atoms with Gasteiger partial charge in [-0.25, -0.2) is 0 Å². The molecule has 1 aromatic rings. The molecular formula is C11H8F9NO. The van der Waals surface area contributed by atoms with E-state index in [1.807, 2.05) is 0 Å². The molecule has 0 spiro atoms. The Morgan fingerprint density at radius 1 is 0.864 bits per heavy atom. The van der Waals surface area contributed by atoms with Crippen LogP contribution in [0.2, 0.25) is 0 Å². The number of hydrogen-bond donors (Lipinski definition) is 1. The standard InChI is InChI=1S/C11H8F9NO/c12-8(13)10(16,17)22-6-3-1-5(2-4-6)7(21)9(14,15)11(18,19)20/h1-4,7-8H,21H2/t7-/m0/s1. The highest BCUT2D eigenvalue weighted by Gasteiger charge is 2.61. The highest BCUT2D eigenvalue weighted by atomic mass is 19.4. The van der Waals surface area contributed by atoms with Gasteiger partial charge >= 0.3 is 24.6 Å². The number of halogens is 9. The fourth-order valence-electron chi connectivity index (χ4n) is 1.33. The SMILES string of the molecule is N[C@@H](c1ccc(OC(F)(F)C(F)F)cc1)C(F)(F)C(F)(F)F. The molecule has 0 bridgehead atoms. The van der Waals surface area contributed by atoms with Crippen LogP contribution in [0.1, 0.15) is 11.6 Å². The fourth-order valence-corrected chi connectivity index (χ4v) is 1.33. The molecule has 0 unspecified atom stereocenters. The van der Waals surface area contributed by atoms with Gasteiger partial charge in [-0.05, 0) is 17.7 Å². The van der Waals surface area contributed by atoms with Crippen LogP contribution in [0.4, 0.5) is 39.5 Å². The second-order valence-electron chi connectivity index (χ2n) is 4.13. The van der Waals surface area contributed by atoms with Gasteiger partial charge in [0, 0.05) is 0 Å². The van der Waals surface area contributed by atoms with Crippen LogP contribution in [-0.2, 0) is 0 Å². The summed E-state index contributed by atoms with van der Waals surface area (Å²) in [6, 6.07) is -0.657. The number of benzene rings is 1. The zero-order chi connectivity index (χ0) is 17.3. The Morgan fingerprint density at radius 3 is 1.68 bits per heavy atom. The van der Waals surface area contributed by atoms with Gasteiger partial charge in [-0.2, -0.15) is 39.5 Å². The highest BCUT2D eigenvalue weighted by molar-refractivity contribution is 5.30. The van der Waals surface area contributed by atoms with E-state index in [0.29, 0.717) is 24.3 Å². The Kier molecular flexibility index (Phi) is 4.90. The third-order valence-corrected chi connectivity index (χ3v) is 2.52. The number of nitrogens with two attached hydrogens (primary N) is 1. The van der Waals surface area contributed by atoms with E-state index in [1.165, 1.54) is 0 Å². The van der Waals surface area contributed by atoms with Crippen LogP contribution in [0.25, 0.3) is 0 Å². The molecule has 0 aliphatic rings. The first-order valence-electron chi connectivity index (χ1n) is 5.44. The van der Waals surface area contributed by atoms with E-state index in [4.69, 9.17) is 5.73 Å². The molecule has 0 saturated carbocycles. The molecule has 1 aromatic carbocycles. The van der Waals surface area contributed by atoms with Gasteiger partial charge in [-0.3, -0.25) is 0 Å². The number of alkyl halides is 9. The summed E-state index contributed by atoms with van der Waals surface area (Å²) in [7, 11) is 0. The first-order valence-corrected chi connectivity index (χ1v) is 5.44. The zero-order valence-corrected chi connectivity index (χ0v) is 10.4. The summed E-state index contributed by atoms with van der Waals surface area (Å²) in [5, 5.41) is 0. The van der Waals surface area contributed by atoms with Crippen LogP contribution in [0.5, 0.6) is 5.75 Å². The van der Waals surface area contributed by atoms with Gasteiger partial charge in [-0.15, -0.1) is 0 Å². The lowest BCUT2D eigenvalue weighted by Gasteiger charge is -2.26. The molecule has 2 nitrogen and oxygen atoms in total. The van der Waals surface area contributed by atoms with Crippen molar-refractivity contribution < 1.29 is 44.3 Å². The van der Waals surface area contributed by atoms with Crippen LogP contribution >= 0.6 is 0 Å². The molecular weight excluding hydrogens is 333 g/mol. The first-order chi connectivity index (χ1) is 9.79. The van der Waals surface area contributed by atoms with Crippen molar-refractivity contribution in [3.63, 3.8) is 0 Å². The summed E-state index contributed by atoms with van der Waals surface area (Å²) in [4.78, 5) is 0. The molecule has 0 aliphatic carbocycles. The molecule has 0 aliphatic heterocycles. The Bertz CT molecular complexity index is 497. The van der Waals surface area contributed by atoms with E-state index in [-0.39, 0.29) is 0 Å². The van der Waals surface area contributed by atoms with Gasteiger partial charge in [0.25, 0.3) is 0 Å². The smallest absolute Gasteiger partial charge is 0.428 e. The molecule has 0 aromatic heterocycles. The quantitative estimate of drug-likeness (QED) is 0.818. The van der Waals surface area contributed by atoms with E-state index in [0.717, 1.165) is 0 Å². The largest absolute Gasteiger partial charge is 0.461 e. The first kappa shape index (κ1) is 18.4. The van der Waals surface area contributed by atoms with Gasteiger partial charge in [0.15, 0.2) is 0 Å². The third-order valence-electron chi connectivity index (χ3n) is 2.52. The summed E-state index contributed by atoms with van der Waals surface area (Å²) in [5.74, 6) is -6.11. The van der Waals surface area contributed by atoms with Gasteiger partial charge in [0.2, 0.25) is 0 Å².